The average molecular weight is 867 g/mol. The maximum Gasteiger partial charge on any atom is 0.364 e. The number of carbonyl (C=O) groups is 5. The second-order valence-electron chi connectivity index (χ2n) is 13.3. The predicted molar refractivity (Wildman–Crippen MR) is 192 cm³/mol. The molecular formula is C35H53N3O17Se. The van der Waals surface area contributed by atoms with Crippen molar-refractivity contribution in [2.45, 2.75) is 113 Å². The fourth-order valence-corrected chi connectivity index (χ4v) is 7.68. The van der Waals surface area contributed by atoms with Crippen molar-refractivity contribution in [3.8, 4) is 0 Å². The van der Waals surface area contributed by atoms with Crippen LogP contribution in [-0.2, 0) is 47.7 Å². The molecule has 0 aliphatic carbocycles. The summed E-state index contributed by atoms with van der Waals surface area (Å²) in [5.41, 5.74) is 0. The van der Waals surface area contributed by atoms with Gasteiger partial charge in [-0.15, -0.1) is 0 Å². The summed E-state index contributed by atoms with van der Waals surface area (Å²) in [5, 5.41) is 80.3. The zero-order valence-electron chi connectivity index (χ0n) is 31.1. The van der Waals surface area contributed by atoms with Crippen LogP contribution in [0.3, 0.4) is 0 Å². The van der Waals surface area contributed by atoms with Crippen molar-refractivity contribution in [3.63, 3.8) is 0 Å². The Labute approximate surface area is 329 Å². The molecule has 2 fully saturated rings. The van der Waals surface area contributed by atoms with Gasteiger partial charge < -0.3 is 65.3 Å². The van der Waals surface area contributed by atoms with Gasteiger partial charge >= 0.3 is 138 Å². The minimum absolute atomic E-state index is 0.0274. The number of rotatable bonds is 23. The molecule has 1 aromatic rings. The van der Waals surface area contributed by atoms with Gasteiger partial charge in [-0.1, -0.05) is 0 Å². The molecule has 2 heterocycles. The summed E-state index contributed by atoms with van der Waals surface area (Å²) in [4.78, 5) is 60.6. The van der Waals surface area contributed by atoms with E-state index in [1.54, 1.807) is 0 Å². The summed E-state index contributed by atoms with van der Waals surface area (Å²) in [6.45, 7) is 0.567. The number of carboxylic acid groups (broad SMARTS) is 1. The van der Waals surface area contributed by atoms with Gasteiger partial charge in [-0.3, -0.25) is 9.59 Å². The number of unbranched alkanes of at least 4 members (excludes halogenated alkanes) is 1. The Bertz CT molecular complexity index is 1430. The van der Waals surface area contributed by atoms with Crippen LogP contribution in [0.1, 0.15) is 46.0 Å². The van der Waals surface area contributed by atoms with Crippen LogP contribution < -0.4 is 20.4 Å². The number of aliphatic carboxylic acids is 1. The summed E-state index contributed by atoms with van der Waals surface area (Å²) in [6.07, 6.45) is -12.9. The third-order valence-corrected chi connectivity index (χ3v) is 10.8. The molecule has 21 heteroatoms. The first kappa shape index (κ1) is 47.2. The van der Waals surface area contributed by atoms with Crippen LogP contribution in [-0.4, -0.2) is 186 Å². The first-order valence-corrected chi connectivity index (χ1v) is 19.8. The van der Waals surface area contributed by atoms with Gasteiger partial charge in [-0.05, 0) is 0 Å². The molecule has 0 unspecified atom stereocenters. The maximum absolute atomic E-state index is 12.5. The summed E-state index contributed by atoms with van der Waals surface area (Å²) in [6, 6.07) is 6.78. The minimum atomic E-state index is -2.75. The number of amides is 3. The molecule has 3 amide bonds. The molecule has 11 atom stereocenters. The van der Waals surface area contributed by atoms with E-state index in [-0.39, 0.29) is 58.3 Å². The quantitative estimate of drug-likeness (QED) is 0.0366. The van der Waals surface area contributed by atoms with E-state index in [2.05, 4.69) is 16.0 Å². The number of carbonyl (C=O) groups excluding carboxylic acids is 4. The van der Waals surface area contributed by atoms with E-state index < -0.39 is 104 Å². The van der Waals surface area contributed by atoms with Gasteiger partial charge in [-0.25, -0.2) is 4.79 Å². The van der Waals surface area contributed by atoms with E-state index in [0.717, 1.165) is 18.3 Å². The number of nitrogens with one attached hydrogen (secondary N) is 3. The molecule has 0 aromatic heterocycles. The van der Waals surface area contributed by atoms with E-state index in [0.29, 0.717) is 19.3 Å². The van der Waals surface area contributed by atoms with Crippen molar-refractivity contribution in [1.82, 2.24) is 16.0 Å². The summed E-state index contributed by atoms with van der Waals surface area (Å²) < 4.78 is 29.3. The summed E-state index contributed by atoms with van der Waals surface area (Å²) in [5.74, 6) is -6.03. The topological polar surface area (TPSA) is 309 Å². The monoisotopic (exact) mass is 867 g/mol. The van der Waals surface area contributed by atoms with Gasteiger partial charge in [0.1, 0.15) is 42.7 Å². The van der Waals surface area contributed by atoms with E-state index in [4.69, 9.17) is 23.7 Å². The number of aliphatic hydroxyl groups excluding tert-OH is 6. The van der Waals surface area contributed by atoms with Crippen LogP contribution in [0.15, 0.2) is 30.3 Å². The average Bonchev–Trinajstić information content (AvgIpc) is 3.15. The van der Waals surface area contributed by atoms with E-state index in [1.165, 1.54) is 0 Å². The molecule has 0 spiro atoms. The first-order valence-electron chi connectivity index (χ1n) is 18.1. The first-order chi connectivity index (χ1) is 26.6. The Balaban J connectivity index is 1.50. The van der Waals surface area contributed by atoms with Crippen molar-refractivity contribution in [2.24, 2.45) is 0 Å². The van der Waals surface area contributed by atoms with Crippen LogP contribution in [0.2, 0.25) is 0 Å². The van der Waals surface area contributed by atoms with Crippen molar-refractivity contribution in [1.29, 1.82) is 0 Å². The molecule has 2 saturated heterocycles. The van der Waals surface area contributed by atoms with Crippen molar-refractivity contribution in [3.05, 3.63) is 30.3 Å². The Morgan fingerprint density at radius 2 is 1.59 bits per heavy atom. The molecule has 20 nitrogen and oxygen atoms in total. The number of benzene rings is 1. The fraction of sp³-hybridized carbons (Fsp3) is 0.686. The molecule has 2 aliphatic rings. The summed E-state index contributed by atoms with van der Waals surface area (Å²) >= 11 is -0.247. The van der Waals surface area contributed by atoms with Gasteiger partial charge in [0.05, 0.1) is 25.4 Å². The van der Waals surface area contributed by atoms with Gasteiger partial charge in [0, 0.05) is 20.3 Å². The Kier molecular flexibility index (Phi) is 19.7. The zero-order chi connectivity index (χ0) is 41.4. The molecule has 0 bridgehead atoms. The predicted octanol–water partition coefficient (Wildman–Crippen LogP) is -4.63. The van der Waals surface area contributed by atoms with Gasteiger partial charge in [-0.2, -0.15) is 0 Å². The molecule has 10 N–H and O–H groups in total. The van der Waals surface area contributed by atoms with Gasteiger partial charge in [0.15, 0.2) is 6.29 Å². The number of ether oxygens (including phenoxy) is 5. The third-order valence-electron chi connectivity index (χ3n) is 8.83. The minimum Gasteiger partial charge on any atom is -0.477 e. The van der Waals surface area contributed by atoms with Gasteiger partial charge in [0.25, 0.3) is 5.79 Å². The SMILES string of the molecule is CC(=O)N[C@H]1[C@@H](OCCOCCNC(=O)CCCCC(=O)[Se]c2ccccc2)O[C@H](CO[C@]2(C(=O)O)C[C@H](O)[C@@H](NC(C)=O)[C@H]([C@H](O)[C@H](O)CO)O2)[C@H](O)[C@@H]1O. The molecule has 56 heavy (non-hydrogen) atoms. The normalized spacial score (nSPS) is 28.8. The standard InChI is InChI=1S/C35H53N3O17Se/c1-19(40)37-27-22(42)16-35(34(49)50,55-32(27)29(46)23(43)17-39)53-18-24-30(47)31(48)28(38-20(2)41)33(54-24)52-15-14-51-13-12-36-25(44)10-6-7-11-26(45)56-21-8-4-3-5-9-21/h3-5,8-9,22-24,27-33,39,42-43,46-48H,6-7,10-18H2,1-2H3,(H,36,44)(H,37,40)(H,38,41)(H,49,50)/t22-,23+,24+,27+,28+,29+,30-,31+,32+,33-,35+/m0/s1. The Hall–Kier alpha value is -3.15. The zero-order valence-corrected chi connectivity index (χ0v) is 32.8. The largest absolute Gasteiger partial charge is 0.477 e. The number of hydrogen-bond acceptors (Lipinski definition) is 16. The molecule has 3 rings (SSSR count). The van der Waals surface area contributed by atoms with Gasteiger partial charge in [0.2, 0.25) is 11.8 Å². The van der Waals surface area contributed by atoms with Crippen LogP contribution >= 0.6 is 0 Å². The third kappa shape index (κ3) is 14.3. The number of aliphatic hydroxyl groups is 6. The molecule has 1 aromatic carbocycles. The van der Waals surface area contributed by atoms with E-state index >= 15 is 0 Å². The maximum atomic E-state index is 12.5. The molecule has 0 radical (unpaired) electrons. The number of carboxylic acids is 1. The van der Waals surface area contributed by atoms with Crippen molar-refractivity contribution >= 4 is 47.8 Å². The second-order valence-corrected chi connectivity index (χ2v) is 15.6. The molecule has 0 saturated carbocycles. The Morgan fingerprint density at radius 1 is 0.929 bits per heavy atom. The molecule has 316 valence electrons. The number of hydrogen-bond donors (Lipinski definition) is 10. The van der Waals surface area contributed by atoms with Crippen molar-refractivity contribution < 1.29 is 83.4 Å². The van der Waals surface area contributed by atoms with Crippen LogP contribution in [0, 0.1) is 0 Å². The molecule has 2 aliphatic heterocycles. The van der Waals surface area contributed by atoms with E-state index in [9.17, 15) is 59.7 Å². The fourth-order valence-electron chi connectivity index (χ4n) is 6.00. The second kappa shape index (κ2) is 23.3. The van der Waals surface area contributed by atoms with Crippen LogP contribution in [0.4, 0.5) is 0 Å². The van der Waals surface area contributed by atoms with Crippen molar-refractivity contribution in [2.75, 3.05) is 39.6 Å². The van der Waals surface area contributed by atoms with Crippen LogP contribution in [0.25, 0.3) is 0 Å². The van der Waals surface area contributed by atoms with E-state index in [1.807, 2.05) is 30.3 Å². The molecular weight excluding hydrogens is 813 g/mol. The Morgan fingerprint density at radius 3 is 2.23 bits per heavy atom. The summed E-state index contributed by atoms with van der Waals surface area (Å²) in [7, 11) is 0. The van der Waals surface area contributed by atoms with Crippen LogP contribution in [0.5, 0.6) is 0 Å². The smallest absolute Gasteiger partial charge is 0.364 e.